The van der Waals surface area contributed by atoms with Crippen molar-refractivity contribution in [2.24, 2.45) is 5.92 Å². The number of carbonyl (C=O) groups is 1. The molecule has 0 saturated carbocycles. The smallest absolute Gasteiger partial charge is 0.220 e. The summed E-state index contributed by atoms with van der Waals surface area (Å²) in [6, 6.07) is 0.295. The number of nitrogens with one attached hydrogen (secondary N) is 1. The normalized spacial score (nSPS) is 14.7. The summed E-state index contributed by atoms with van der Waals surface area (Å²) in [5.41, 5.74) is 0. The van der Waals surface area contributed by atoms with Crippen LogP contribution in [0.15, 0.2) is 0 Å². The maximum absolute atomic E-state index is 11.4. The molecule has 0 aliphatic rings. The molecule has 0 aromatic heterocycles. The first-order valence-corrected chi connectivity index (χ1v) is 6.48. The fraction of sp³-hybridized carbons (Fsp3) is 0.917. The van der Waals surface area contributed by atoms with Gasteiger partial charge in [-0.2, -0.15) is 0 Å². The number of carbonyl (C=O) groups excluding carboxylic acids is 1. The van der Waals surface area contributed by atoms with Gasteiger partial charge in [-0.3, -0.25) is 4.79 Å². The molecule has 0 bridgehead atoms. The summed E-state index contributed by atoms with van der Waals surface area (Å²) in [6.45, 7) is 6.47. The van der Waals surface area contributed by atoms with Gasteiger partial charge >= 0.3 is 0 Å². The number of unbranched alkanes of at least 4 members (excludes halogenated alkanes) is 1. The van der Waals surface area contributed by atoms with Crippen LogP contribution in [0.25, 0.3) is 0 Å². The average Bonchev–Trinajstić information content (AvgIpc) is 2.17. The van der Waals surface area contributed by atoms with E-state index in [0.29, 0.717) is 24.3 Å². The highest BCUT2D eigenvalue weighted by atomic mass is 35.5. The second-order valence-electron chi connectivity index (χ2n) is 4.36. The first-order valence-electron chi connectivity index (χ1n) is 5.95. The molecule has 0 aliphatic heterocycles. The lowest BCUT2D eigenvalue weighted by Gasteiger charge is -2.17. The Morgan fingerprint density at radius 2 is 2.00 bits per heavy atom. The van der Waals surface area contributed by atoms with Crippen LogP contribution in [0.3, 0.4) is 0 Å². The third-order valence-corrected chi connectivity index (χ3v) is 2.91. The van der Waals surface area contributed by atoms with E-state index in [9.17, 15) is 4.79 Å². The van der Waals surface area contributed by atoms with Crippen LogP contribution in [0.1, 0.15) is 52.9 Å². The van der Waals surface area contributed by atoms with E-state index in [2.05, 4.69) is 26.1 Å². The van der Waals surface area contributed by atoms with Crippen LogP contribution in [-0.4, -0.2) is 17.8 Å². The monoisotopic (exact) mass is 233 g/mol. The van der Waals surface area contributed by atoms with Gasteiger partial charge in [-0.05, 0) is 32.1 Å². The maximum atomic E-state index is 11.4. The van der Waals surface area contributed by atoms with Crippen LogP contribution < -0.4 is 5.32 Å². The molecule has 15 heavy (non-hydrogen) atoms. The fourth-order valence-corrected chi connectivity index (χ4v) is 1.75. The molecule has 0 heterocycles. The predicted molar refractivity (Wildman–Crippen MR) is 66.2 cm³/mol. The highest BCUT2D eigenvalue weighted by Gasteiger charge is 2.09. The van der Waals surface area contributed by atoms with E-state index in [1.54, 1.807) is 0 Å². The van der Waals surface area contributed by atoms with Crippen LogP contribution in [0.4, 0.5) is 0 Å². The van der Waals surface area contributed by atoms with Gasteiger partial charge in [0.1, 0.15) is 0 Å². The fourth-order valence-electron chi connectivity index (χ4n) is 1.56. The Kier molecular flexibility index (Phi) is 8.88. The maximum Gasteiger partial charge on any atom is 0.220 e. The zero-order valence-corrected chi connectivity index (χ0v) is 10.9. The first kappa shape index (κ1) is 14.8. The Hall–Kier alpha value is -0.240. The summed E-state index contributed by atoms with van der Waals surface area (Å²) >= 11 is 5.55. The number of amides is 1. The van der Waals surface area contributed by atoms with Gasteiger partial charge in [0.05, 0.1) is 0 Å². The molecule has 0 radical (unpaired) electrons. The molecule has 1 amide bonds. The Balaban J connectivity index is 3.57. The van der Waals surface area contributed by atoms with Gasteiger partial charge < -0.3 is 5.32 Å². The number of rotatable bonds is 8. The second kappa shape index (κ2) is 9.02. The molecule has 90 valence electrons. The standard InChI is InChI=1S/C12H24ClNO/c1-4-10(2)9-11(3)14-12(15)7-5-6-8-13/h10-11H,4-9H2,1-3H3,(H,14,15). The Bertz CT molecular complexity index is 173. The minimum absolute atomic E-state index is 0.163. The van der Waals surface area contributed by atoms with Gasteiger partial charge in [-0.25, -0.2) is 0 Å². The highest BCUT2D eigenvalue weighted by Crippen LogP contribution is 2.09. The van der Waals surface area contributed by atoms with Crippen molar-refractivity contribution in [1.29, 1.82) is 0 Å². The summed E-state index contributed by atoms with van der Waals surface area (Å²) in [5.74, 6) is 1.49. The van der Waals surface area contributed by atoms with E-state index in [-0.39, 0.29) is 5.91 Å². The molecule has 1 N–H and O–H groups in total. The van der Waals surface area contributed by atoms with Crippen molar-refractivity contribution in [3.63, 3.8) is 0 Å². The number of hydrogen-bond donors (Lipinski definition) is 1. The summed E-state index contributed by atoms with van der Waals surface area (Å²) in [5, 5.41) is 3.02. The third-order valence-electron chi connectivity index (χ3n) is 2.65. The minimum atomic E-state index is 0.163. The van der Waals surface area contributed by atoms with E-state index in [1.807, 2.05) is 0 Å². The molecule has 0 aliphatic carbocycles. The summed E-state index contributed by atoms with van der Waals surface area (Å²) < 4.78 is 0. The summed E-state index contributed by atoms with van der Waals surface area (Å²) in [4.78, 5) is 11.4. The van der Waals surface area contributed by atoms with Gasteiger partial charge in [0.2, 0.25) is 5.91 Å². The van der Waals surface area contributed by atoms with Crippen molar-refractivity contribution in [3.8, 4) is 0 Å². The summed E-state index contributed by atoms with van der Waals surface area (Å²) in [6.07, 6.45) is 4.67. The molecule has 0 saturated heterocycles. The van der Waals surface area contributed by atoms with E-state index in [4.69, 9.17) is 11.6 Å². The van der Waals surface area contributed by atoms with E-state index in [1.165, 1.54) is 6.42 Å². The molecule has 3 heteroatoms. The minimum Gasteiger partial charge on any atom is -0.354 e. The lowest BCUT2D eigenvalue weighted by molar-refractivity contribution is -0.121. The highest BCUT2D eigenvalue weighted by molar-refractivity contribution is 6.17. The van der Waals surface area contributed by atoms with Crippen LogP contribution in [0.2, 0.25) is 0 Å². The third kappa shape index (κ3) is 8.73. The topological polar surface area (TPSA) is 29.1 Å². The predicted octanol–water partition coefficient (Wildman–Crippen LogP) is 3.34. The van der Waals surface area contributed by atoms with Crippen molar-refractivity contribution in [3.05, 3.63) is 0 Å². The molecule has 0 rings (SSSR count). The van der Waals surface area contributed by atoms with Crippen LogP contribution >= 0.6 is 11.6 Å². The lowest BCUT2D eigenvalue weighted by Crippen LogP contribution is -2.33. The van der Waals surface area contributed by atoms with E-state index >= 15 is 0 Å². The van der Waals surface area contributed by atoms with Crippen molar-refractivity contribution in [2.45, 2.75) is 58.9 Å². The quantitative estimate of drug-likeness (QED) is 0.506. The van der Waals surface area contributed by atoms with Gasteiger partial charge in [0.25, 0.3) is 0 Å². The Morgan fingerprint density at radius 3 is 2.53 bits per heavy atom. The molecule has 0 aromatic rings. The van der Waals surface area contributed by atoms with E-state index in [0.717, 1.165) is 19.3 Å². The SMILES string of the molecule is CCC(C)CC(C)NC(=O)CCCCCl. The van der Waals surface area contributed by atoms with Crippen LogP contribution in [-0.2, 0) is 4.79 Å². The lowest BCUT2D eigenvalue weighted by atomic mass is 10.0. The average molecular weight is 234 g/mol. The second-order valence-corrected chi connectivity index (χ2v) is 4.74. The summed E-state index contributed by atoms with van der Waals surface area (Å²) in [7, 11) is 0. The zero-order valence-electron chi connectivity index (χ0n) is 10.2. The van der Waals surface area contributed by atoms with E-state index < -0.39 is 0 Å². The molecule has 0 fully saturated rings. The van der Waals surface area contributed by atoms with Gasteiger partial charge in [-0.1, -0.05) is 20.3 Å². The number of hydrogen-bond acceptors (Lipinski definition) is 1. The molecule has 2 nitrogen and oxygen atoms in total. The molecule has 0 aromatic carbocycles. The molecular weight excluding hydrogens is 210 g/mol. The zero-order chi connectivity index (χ0) is 11.7. The molecular formula is C12H24ClNO. The van der Waals surface area contributed by atoms with Crippen LogP contribution in [0, 0.1) is 5.92 Å². The van der Waals surface area contributed by atoms with Gasteiger partial charge in [0.15, 0.2) is 0 Å². The van der Waals surface area contributed by atoms with Gasteiger partial charge in [0, 0.05) is 18.3 Å². The van der Waals surface area contributed by atoms with Crippen molar-refractivity contribution >= 4 is 17.5 Å². The van der Waals surface area contributed by atoms with Crippen LogP contribution in [0.5, 0.6) is 0 Å². The van der Waals surface area contributed by atoms with Gasteiger partial charge in [-0.15, -0.1) is 11.6 Å². The number of alkyl halides is 1. The Labute approximate surface area is 98.8 Å². The van der Waals surface area contributed by atoms with Crippen molar-refractivity contribution in [2.75, 3.05) is 5.88 Å². The van der Waals surface area contributed by atoms with Crippen molar-refractivity contribution < 1.29 is 4.79 Å². The molecule has 2 atom stereocenters. The molecule has 0 spiro atoms. The largest absolute Gasteiger partial charge is 0.354 e. The molecule has 2 unspecified atom stereocenters. The Morgan fingerprint density at radius 1 is 1.33 bits per heavy atom. The number of halogens is 1. The van der Waals surface area contributed by atoms with Crippen molar-refractivity contribution in [1.82, 2.24) is 5.32 Å². The first-order chi connectivity index (χ1) is 7.10.